The van der Waals surface area contributed by atoms with E-state index in [2.05, 4.69) is 0 Å². The first-order chi connectivity index (χ1) is 5.88. The molecule has 0 saturated carbocycles. The van der Waals surface area contributed by atoms with E-state index < -0.39 is 13.3 Å². The molecule has 0 unspecified atom stereocenters. The predicted molar refractivity (Wildman–Crippen MR) is 49.2 cm³/mol. The molecule has 0 aliphatic rings. The van der Waals surface area contributed by atoms with Crippen molar-refractivity contribution in [3.8, 4) is 0 Å². The standard InChI is InChI=1S/C7H5BCl2F3.K/c9-6-2-1-5(7(10)3-6)4-8(11,12)13;/h1-3H,4H2;/q-1;+1. The second-order valence-corrected chi connectivity index (χ2v) is 3.49. The Kier molecular flexibility index (Phi) is 6.70. The van der Waals surface area contributed by atoms with Gasteiger partial charge >= 0.3 is 58.4 Å². The van der Waals surface area contributed by atoms with Gasteiger partial charge < -0.3 is 12.9 Å². The maximum atomic E-state index is 12.0. The Balaban J connectivity index is 0.00000169. The molecule has 0 heterocycles. The van der Waals surface area contributed by atoms with Crippen molar-refractivity contribution in [2.45, 2.75) is 6.32 Å². The Hall–Kier alpha value is 1.29. The van der Waals surface area contributed by atoms with Crippen LogP contribution in [-0.2, 0) is 6.32 Å². The van der Waals surface area contributed by atoms with E-state index in [-0.39, 0.29) is 62.0 Å². The molecule has 0 saturated heterocycles. The molecule has 0 radical (unpaired) electrons. The van der Waals surface area contributed by atoms with Gasteiger partial charge in [-0.25, -0.2) is 0 Å². The number of halogens is 5. The van der Waals surface area contributed by atoms with Crippen LogP contribution in [0.2, 0.25) is 10.0 Å². The summed E-state index contributed by atoms with van der Waals surface area (Å²) >= 11 is 11.1. The zero-order valence-corrected chi connectivity index (χ0v) is 12.0. The Morgan fingerprint density at radius 1 is 1.14 bits per heavy atom. The van der Waals surface area contributed by atoms with Crippen molar-refractivity contribution < 1.29 is 64.3 Å². The molecular weight excluding hydrogens is 262 g/mol. The molecule has 72 valence electrons. The van der Waals surface area contributed by atoms with Crippen LogP contribution in [0.4, 0.5) is 12.9 Å². The van der Waals surface area contributed by atoms with Crippen LogP contribution in [0.3, 0.4) is 0 Å². The minimum Gasteiger partial charge on any atom is -0.449 e. The molecule has 0 atom stereocenters. The summed E-state index contributed by atoms with van der Waals surface area (Å²) in [4.78, 5) is 0. The van der Waals surface area contributed by atoms with Crippen LogP contribution in [-0.4, -0.2) is 6.98 Å². The molecule has 0 aromatic heterocycles. The summed E-state index contributed by atoms with van der Waals surface area (Å²) in [6.07, 6.45) is -0.962. The second kappa shape index (κ2) is 6.13. The van der Waals surface area contributed by atoms with Crippen molar-refractivity contribution in [2.24, 2.45) is 0 Å². The van der Waals surface area contributed by atoms with Crippen LogP contribution in [0.15, 0.2) is 18.2 Å². The first kappa shape index (κ1) is 15.3. The van der Waals surface area contributed by atoms with Crippen molar-refractivity contribution in [3.05, 3.63) is 33.8 Å². The van der Waals surface area contributed by atoms with E-state index >= 15 is 0 Å². The van der Waals surface area contributed by atoms with Crippen LogP contribution in [0.1, 0.15) is 5.56 Å². The average molecular weight is 267 g/mol. The normalized spacial score (nSPS) is 10.9. The minimum atomic E-state index is -4.84. The van der Waals surface area contributed by atoms with Crippen LogP contribution >= 0.6 is 23.2 Å². The largest absolute Gasteiger partial charge is 1.00 e. The van der Waals surface area contributed by atoms with E-state index in [4.69, 9.17) is 23.2 Å². The molecule has 1 aromatic rings. The smallest absolute Gasteiger partial charge is 0.449 e. The second-order valence-electron chi connectivity index (χ2n) is 2.65. The molecule has 1 aromatic carbocycles. The summed E-state index contributed by atoms with van der Waals surface area (Å²) in [5, 5.41) is 0.398. The fourth-order valence-corrected chi connectivity index (χ4v) is 1.42. The minimum absolute atomic E-state index is 0. The third-order valence-electron chi connectivity index (χ3n) is 1.47. The van der Waals surface area contributed by atoms with E-state index in [0.717, 1.165) is 0 Å². The van der Waals surface area contributed by atoms with Crippen LogP contribution < -0.4 is 51.4 Å². The van der Waals surface area contributed by atoms with Gasteiger partial charge in [-0.3, -0.25) is 0 Å². The zero-order chi connectivity index (χ0) is 10.1. The molecule has 0 nitrogen and oxygen atoms in total. The molecule has 0 fully saturated rings. The molecule has 1 rings (SSSR count). The molecule has 0 aliphatic heterocycles. The van der Waals surface area contributed by atoms with E-state index in [9.17, 15) is 12.9 Å². The maximum absolute atomic E-state index is 12.0. The van der Waals surface area contributed by atoms with E-state index in [0.29, 0.717) is 5.02 Å². The first-order valence-electron chi connectivity index (χ1n) is 3.53. The summed E-state index contributed by atoms with van der Waals surface area (Å²) in [5.41, 5.74) is 0.0681. The van der Waals surface area contributed by atoms with Gasteiger partial charge in [0.15, 0.2) is 0 Å². The fourth-order valence-electron chi connectivity index (χ4n) is 0.937. The Morgan fingerprint density at radius 2 is 1.71 bits per heavy atom. The molecule has 0 aliphatic carbocycles. The van der Waals surface area contributed by atoms with E-state index in [1.807, 2.05) is 0 Å². The van der Waals surface area contributed by atoms with Crippen LogP contribution in [0.5, 0.6) is 0 Å². The van der Waals surface area contributed by atoms with Crippen LogP contribution in [0, 0.1) is 0 Å². The van der Waals surface area contributed by atoms with Gasteiger partial charge in [0.05, 0.1) is 0 Å². The van der Waals surface area contributed by atoms with Gasteiger partial charge in [0, 0.05) is 10.0 Å². The predicted octanol–water partition coefficient (Wildman–Crippen LogP) is 0.927. The first-order valence-corrected chi connectivity index (χ1v) is 4.29. The average Bonchev–Trinajstić information content (AvgIpc) is 1.93. The monoisotopic (exact) mass is 266 g/mol. The van der Waals surface area contributed by atoms with Crippen molar-refractivity contribution in [1.29, 1.82) is 0 Å². The van der Waals surface area contributed by atoms with Gasteiger partial charge in [0.25, 0.3) is 0 Å². The van der Waals surface area contributed by atoms with Gasteiger partial charge in [-0.2, -0.15) is 0 Å². The van der Waals surface area contributed by atoms with Crippen molar-refractivity contribution >= 4 is 30.2 Å². The maximum Gasteiger partial charge on any atom is 1.00 e. The van der Waals surface area contributed by atoms with Crippen molar-refractivity contribution in [2.75, 3.05) is 0 Å². The summed E-state index contributed by atoms with van der Waals surface area (Å²) in [6, 6.07) is 3.99. The number of hydrogen-bond donors (Lipinski definition) is 0. The summed E-state index contributed by atoms with van der Waals surface area (Å²) < 4.78 is 36.0. The third-order valence-corrected chi connectivity index (χ3v) is 2.05. The molecule has 0 N–H and O–H groups in total. The molecule has 7 heteroatoms. The van der Waals surface area contributed by atoms with Crippen molar-refractivity contribution in [3.63, 3.8) is 0 Å². The molecular formula is C7H5BCl2F3K. The van der Waals surface area contributed by atoms with Crippen LogP contribution in [0.25, 0.3) is 0 Å². The summed E-state index contributed by atoms with van der Waals surface area (Å²) in [5.74, 6) is 0. The van der Waals surface area contributed by atoms with Gasteiger partial charge in [0.1, 0.15) is 0 Å². The Bertz CT molecular complexity index is 316. The Morgan fingerprint density at radius 3 is 2.14 bits per heavy atom. The quantitative estimate of drug-likeness (QED) is 0.699. The molecule has 0 bridgehead atoms. The number of rotatable bonds is 2. The zero-order valence-electron chi connectivity index (χ0n) is 7.41. The third kappa shape index (κ3) is 5.40. The Labute approximate surface area is 133 Å². The van der Waals surface area contributed by atoms with Gasteiger partial charge in [-0.05, 0) is 12.1 Å². The summed E-state index contributed by atoms with van der Waals surface area (Å²) in [7, 11) is 0. The molecule has 14 heavy (non-hydrogen) atoms. The van der Waals surface area contributed by atoms with Gasteiger partial charge in [-0.1, -0.05) is 41.2 Å². The fraction of sp³-hybridized carbons (Fsp3) is 0.143. The number of hydrogen-bond acceptors (Lipinski definition) is 0. The van der Waals surface area contributed by atoms with Gasteiger partial charge in [-0.15, -0.1) is 0 Å². The molecule has 0 spiro atoms. The van der Waals surface area contributed by atoms with Crippen molar-refractivity contribution in [1.82, 2.24) is 0 Å². The summed E-state index contributed by atoms with van der Waals surface area (Å²) in [6.45, 7) is -4.84. The van der Waals surface area contributed by atoms with E-state index in [1.165, 1.54) is 18.2 Å². The number of benzene rings is 1. The SMILES string of the molecule is F[B-](F)(F)Cc1ccc(Cl)cc1Cl.[K+]. The topological polar surface area (TPSA) is 0 Å². The van der Waals surface area contributed by atoms with E-state index in [1.54, 1.807) is 0 Å². The molecule has 0 amide bonds. The van der Waals surface area contributed by atoms with Gasteiger partial charge in [0.2, 0.25) is 0 Å².